The minimum absolute atomic E-state index is 0.0499. The Hall–Kier alpha value is -1.43. The average molecular weight is 279 g/mol. The molecule has 0 saturated carbocycles. The zero-order valence-corrected chi connectivity index (χ0v) is 12.9. The van der Waals surface area contributed by atoms with E-state index in [1.54, 1.807) is 0 Å². The molecule has 20 heavy (non-hydrogen) atoms. The molecule has 2 rings (SSSR count). The molecule has 6 heteroatoms. The Kier molecular flexibility index (Phi) is 4.75. The molecule has 1 aromatic heterocycles. The summed E-state index contributed by atoms with van der Waals surface area (Å²) in [5, 5.41) is 11.4. The number of hydrogen-bond acceptors (Lipinski definition) is 4. The monoisotopic (exact) mass is 279 g/mol. The summed E-state index contributed by atoms with van der Waals surface area (Å²) in [7, 11) is 0. The van der Waals surface area contributed by atoms with Crippen molar-refractivity contribution < 1.29 is 4.79 Å². The van der Waals surface area contributed by atoms with Gasteiger partial charge in [-0.25, -0.2) is 0 Å². The molecule has 1 aliphatic rings. The summed E-state index contributed by atoms with van der Waals surface area (Å²) in [5.41, 5.74) is 0. The molecule has 0 unspecified atom stereocenters. The molecule has 0 aromatic carbocycles. The van der Waals surface area contributed by atoms with Gasteiger partial charge in [0.1, 0.15) is 11.6 Å². The van der Waals surface area contributed by atoms with Crippen LogP contribution in [0.3, 0.4) is 0 Å². The molecule has 0 spiro atoms. The van der Waals surface area contributed by atoms with Gasteiger partial charge < -0.3 is 9.88 Å². The normalized spacial score (nSPS) is 20.4. The molecule has 1 amide bonds. The number of amides is 1. The van der Waals surface area contributed by atoms with Crippen molar-refractivity contribution >= 4 is 5.91 Å². The summed E-state index contributed by atoms with van der Waals surface area (Å²) < 4.78 is 2.11. The van der Waals surface area contributed by atoms with Gasteiger partial charge in [0.2, 0.25) is 5.91 Å². The number of rotatable bonds is 5. The van der Waals surface area contributed by atoms with Crippen LogP contribution in [0.25, 0.3) is 0 Å². The Labute approximate surface area is 120 Å². The van der Waals surface area contributed by atoms with Crippen LogP contribution in [0.15, 0.2) is 0 Å². The van der Waals surface area contributed by atoms with Gasteiger partial charge in [0.25, 0.3) is 0 Å². The third-order valence-electron chi connectivity index (χ3n) is 3.81. The van der Waals surface area contributed by atoms with Crippen molar-refractivity contribution in [3.63, 3.8) is 0 Å². The number of hydrogen-bond donors (Lipinski definition) is 1. The van der Waals surface area contributed by atoms with E-state index in [4.69, 9.17) is 0 Å². The highest BCUT2D eigenvalue weighted by molar-refractivity contribution is 5.82. The topological polar surface area (TPSA) is 63.1 Å². The summed E-state index contributed by atoms with van der Waals surface area (Å²) in [6, 6.07) is -0.0499. The van der Waals surface area contributed by atoms with Crippen LogP contribution in [0.4, 0.5) is 0 Å². The van der Waals surface area contributed by atoms with Crippen molar-refractivity contribution in [3.8, 4) is 0 Å². The van der Waals surface area contributed by atoms with Gasteiger partial charge in [-0.15, -0.1) is 10.2 Å². The summed E-state index contributed by atoms with van der Waals surface area (Å²) in [4.78, 5) is 14.3. The van der Waals surface area contributed by atoms with Crippen LogP contribution < -0.4 is 5.32 Å². The molecular formula is C14H25N5O. The molecule has 1 atom stereocenters. The van der Waals surface area contributed by atoms with Crippen molar-refractivity contribution in [2.24, 2.45) is 5.92 Å². The predicted molar refractivity (Wildman–Crippen MR) is 77.1 cm³/mol. The molecule has 112 valence electrons. The summed E-state index contributed by atoms with van der Waals surface area (Å²) in [6.45, 7) is 11.5. The minimum atomic E-state index is -0.0499. The maximum Gasteiger partial charge on any atom is 0.237 e. The number of carbonyl (C=O) groups is 1. The molecule has 0 radical (unpaired) electrons. The highest BCUT2D eigenvalue weighted by atomic mass is 16.2. The summed E-state index contributed by atoms with van der Waals surface area (Å²) in [6.07, 6.45) is 0.880. The Morgan fingerprint density at radius 2 is 2.15 bits per heavy atom. The molecule has 1 N–H and O–H groups in total. The molecule has 1 aliphatic heterocycles. The average Bonchev–Trinajstić information content (AvgIpc) is 2.73. The lowest BCUT2D eigenvalue weighted by molar-refractivity contribution is -0.130. The highest BCUT2D eigenvalue weighted by Crippen LogP contribution is 2.17. The van der Waals surface area contributed by atoms with E-state index in [2.05, 4.69) is 45.8 Å². The van der Waals surface area contributed by atoms with Gasteiger partial charge in [-0.2, -0.15) is 0 Å². The quantitative estimate of drug-likeness (QED) is 0.872. The minimum Gasteiger partial charge on any atom is -0.353 e. The van der Waals surface area contributed by atoms with E-state index >= 15 is 0 Å². The number of carbonyl (C=O) groups excluding carboxylic acids is 1. The first-order chi connectivity index (χ1) is 9.52. The first kappa shape index (κ1) is 15.0. The molecule has 0 bridgehead atoms. The van der Waals surface area contributed by atoms with Gasteiger partial charge in [0, 0.05) is 19.6 Å². The van der Waals surface area contributed by atoms with Gasteiger partial charge in [-0.1, -0.05) is 13.8 Å². The van der Waals surface area contributed by atoms with Gasteiger partial charge in [0.15, 0.2) is 0 Å². The lowest BCUT2D eigenvalue weighted by Crippen LogP contribution is -2.55. The SMILES string of the molecule is CCn1c(C)nnc1CN1CCNC(=O)[C@@H]1CC(C)C. The molecular weight excluding hydrogens is 254 g/mol. The molecule has 0 aliphatic carbocycles. The first-order valence-corrected chi connectivity index (χ1v) is 7.43. The fourth-order valence-corrected chi connectivity index (χ4v) is 2.79. The fourth-order valence-electron chi connectivity index (χ4n) is 2.79. The number of piperazine rings is 1. The van der Waals surface area contributed by atoms with Crippen molar-refractivity contribution in [2.45, 2.75) is 53.2 Å². The van der Waals surface area contributed by atoms with E-state index in [-0.39, 0.29) is 11.9 Å². The van der Waals surface area contributed by atoms with Crippen LogP contribution in [0.1, 0.15) is 38.8 Å². The molecule has 1 fully saturated rings. The molecule has 1 saturated heterocycles. The Morgan fingerprint density at radius 3 is 2.80 bits per heavy atom. The van der Waals surface area contributed by atoms with Crippen molar-refractivity contribution in [1.29, 1.82) is 0 Å². The maximum absolute atomic E-state index is 12.1. The van der Waals surface area contributed by atoms with Gasteiger partial charge in [0.05, 0.1) is 12.6 Å². The predicted octanol–water partition coefficient (Wildman–Crippen LogP) is 0.953. The number of nitrogens with one attached hydrogen (secondary N) is 1. The number of nitrogens with zero attached hydrogens (tertiary/aromatic N) is 4. The second-order valence-electron chi connectivity index (χ2n) is 5.81. The summed E-state index contributed by atoms with van der Waals surface area (Å²) >= 11 is 0. The Bertz CT molecular complexity index is 468. The molecule has 2 heterocycles. The zero-order chi connectivity index (χ0) is 14.7. The van der Waals surface area contributed by atoms with Crippen molar-refractivity contribution in [3.05, 3.63) is 11.6 Å². The van der Waals surface area contributed by atoms with E-state index in [1.165, 1.54) is 0 Å². The first-order valence-electron chi connectivity index (χ1n) is 7.43. The van der Waals surface area contributed by atoms with E-state index in [0.29, 0.717) is 19.0 Å². The van der Waals surface area contributed by atoms with Crippen LogP contribution >= 0.6 is 0 Å². The Balaban J connectivity index is 2.14. The van der Waals surface area contributed by atoms with Crippen LogP contribution in [0.2, 0.25) is 0 Å². The van der Waals surface area contributed by atoms with Gasteiger partial charge >= 0.3 is 0 Å². The maximum atomic E-state index is 12.1. The standard InChI is InChI=1S/C14H25N5O/c1-5-19-11(4)16-17-13(19)9-18-7-6-15-14(20)12(18)8-10(2)3/h10,12H,5-9H2,1-4H3,(H,15,20)/t12-/m0/s1. The largest absolute Gasteiger partial charge is 0.353 e. The summed E-state index contributed by atoms with van der Waals surface area (Å²) in [5.74, 6) is 2.53. The van der Waals surface area contributed by atoms with Crippen molar-refractivity contribution in [2.75, 3.05) is 13.1 Å². The van der Waals surface area contributed by atoms with E-state index in [0.717, 1.165) is 31.2 Å². The molecule has 6 nitrogen and oxygen atoms in total. The lowest BCUT2D eigenvalue weighted by atomic mass is 10.00. The van der Waals surface area contributed by atoms with Gasteiger partial charge in [-0.05, 0) is 26.2 Å². The second kappa shape index (κ2) is 6.35. The zero-order valence-electron chi connectivity index (χ0n) is 12.9. The van der Waals surface area contributed by atoms with E-state index < -0.39 is 0 Å². The highest BCUT2D eigenvalue weighted by Gasteiger charge is 2.31. The third kappa shape index (κ3) is 3.17. The van der Waals surface area contributed by atoms with Crippen LogP contribution in [0.5, 0.6) is 0 Å². The fraction of sp³-hybridized carbons (Fsp3) is 0.786. The number of aryl methyl sites for hydroxylation is 1. The smallest absolute Gasteiger partial charge is 0.237 e. The van der Waals surface area contributed by atoms with E-state index in [9.17, 15) is 4.79 Å². The Morgan fingerprint density at radius 1 is 1.40 bits per heavy atom. The molecule has 1 aromatic rings. The van der Waals surface area contributed by atoms with Crippen LogP contribution in [0, 0.1) is 12.8 Å². The third-order valence-corrected chi connectivity index (χ3v) is 3.81. The van der Waals surface area contributed by atoms with Crippen LogP contribution in [-0.4, -0.2) is 44.7 Å². The van der Waals surface area contributed by atoms with Gasteiger partial charge in [-0.3, -0.25) is 9.69 Å². The van der Waals surface area contributed by atoms with Crippen LogP contribution in [-0.2, 0) is 17.9 Å². The van der Waals surface area contributed by atoms with E-state index in [1.807, 2.05) is 6.92 Å². The number of aromatic nitrogens is 3. The lowest BCUT2D eigenvalue weighted by Gasteiger charge is -2.35. The second-order valence-corrected chi connectivity index (χ2v) is 5.81. The van der Waals surface area contributed by atoms with Crippen molar-refractivity contribution in [1.82, 2.24) is 25.0 Å².